The van der Waals surface area contributed by atoms with Gasteiger partial charge in [0.1, 0.15) is 6.04 Å². The Bertz CT molecular complexity index is 652. The molecule has 7 heteroatoms. The van der Waals surface area contributed by atoms with E-state index in [1.807, 2.05) is 0 Å². The number of piperidine rings is 1. The Kier molecular flexibility index (Phi) is 4.43. The molecule has 0 spiro atoms. The van der Waals surface area contributed by atoms with Crippen LogP contribution in [-0.2, 0) is 14.8 Å². The molecule has 0 saturated carbocycles. The zero-order valence-corrected chi connectivity index (χ0v) is 12.6. The molecular formula is C14H18N2O4S. The highest BCUT2D eigenvalue weighted by molar-refractivity contribution is 7.89. The van der Waals surface area contributed by atoms with Gasteiger partial charge in [0.15, 0.2) is 5.78 Å². The summed E-state index contributed by atoms with van der Waals surface area (Å²) in [6.45, 7) is 1.70. The van der Waals surface area contributed by atoms with Gasteiger partial charge in [0.25, 0.3) is 0 Å². The molecule has 1 heterocycles. The third-order valence-corrected chi connectivity index (χ3v) is 5.57. The van der Waals surface area contributed by atoms with Crippen LogP contribution in [0.5, 0.6) is 0 Å². The summed E-state index contributed by atoms with van der Waals surface area (Å²) in [5, 5.41) is 0. The summed E-state index contributed by atoms with van der Waals surface area (Å²) in [4.78, 5) is 22.8. The topological polar surface area (TPSA) is 97.5 Å². The van der Waals surface area contributed by atoms with Gasteiger partial charge in [0, 0.05) is 12.1 Å². The smallest absolute Gasteiger partial charge is 0.243 e. The molecule has 6 nitrogen and oxygen atoms in total. The largest absolute Gasteiger partial charge is 0.368 e. The van der Waals surface area contributed by atoms with Gasteiger partial charge in [0.05, 0.1) is 4.90 Å². The van der Waals surface area contributed by atoms with Crippen LogP contribution in [0.15, 0.2) is 29.2 Å². The van der Waals surface area contributed by atoms with E-state index in [0.29, 0.717) is 18.4 Å². The molecule has 1 fully saturated rings. The fourth-order valence-electron chi connectivity index (χ4n) is 2.47. The number of nitrogens with two attached hydrogens (primary N) is 1. The molecule has 1 amide bonds. The molecule has 1 aromatic carbocycles. The summed E-state index contributed by atoms with van der Waals surface area (Å²) in [6.07, 6.45) is 1.93. The number of carbonyl (C=O) groups is 2. The highest BCUT2D eigenvalue weighted by Gasteiger charge is 2.36. The Morgan fingerprint density at radius 2 is 1.81 bits per heavy atom. The van der Waals surface area contributed by atoms with Crippen molar-refractivity contribution in [2.45, 2.75) is 37.1 Å². The highest BCUT2D eigenvalue weighted by Crippen LogP contribution is 2.25. The van der Waals surface area contributed by atoms with E-state index in [-0.39, 0.29) is 17.2 Å². The first-order chi connectivity index (χ1) is 9.84. The van der Waals surface area contributed by atoms with Crippen molar-refractivity contribution >= 4 is 21.7 Å². The van der Waals surface area contributed by atoms with Gasteiger partial charge in [-0.25, -0.2) is 8.42 Å². The van der Waals surface area contributed by atoms with Crippen LogP contribution in [0.4, 0.5) is 0 Å². The molecule has 21 heavy (non-hydrogen) atoms. The average Bonchev–Trinajstić information content (AvgIpc) is 2.47. The third-order valence-electron chi connectivity index (χ3n) is 3.65. The lowest BCUT2D eigenvalue weighted by Gasteiger charge is -2.32. The minimum absolute atomic E-state index is 0.0700. The van der Waals surface area contributed by atoms with Crippen molar-refractivity contribution in [1.29, 1.82) is 0 Å². The number of primary amides is 1. The number of carbonyl (C=O) groups excluding carboxylic acids is 2. The summed E-state index contributed by atoms with van der Waals surface area (Å²) >= 11 is 0. The molecule has 2 rings (SSSR count). The van der Waals surface area contributed by atoms with Crippen molar-refractivity contribution in [2.75, 3.05) is 6.54 Å². The molecule has 2 N–H and O–H groups in total. The normalized spacial score (nSPS) is 20.1. The number of Topliss-reactive ketones (excluding diaryl/α,β-unsaturated/α-hetero) is 1. The molecular weight excluding hydrogens is 292 g/mol. The van der Waals surface area contributed by atoms with Gasteiger partial charge in [0.2, 0.25) is 15.9 Å². The van der Waals surface area contributed by atoms with E-state index in [2.05, 4.69) is 0 Å². The van der Waals surface area contributed by atoms with Crippen molar-refractivity contribution in [3.8, 4) is 0 Å². The third kappa shape index (κ3) is 3.14. The van der Waals surface area contributed by atoms with E-state index in [4.69, 9.17) is 5.73 Å². The van der Waals surface area contributed by atoms with Gasteiger partial charge in [-0.15, -0.1) is 0 Å². The molecule has 0 aromatic heterocycles. The first-order valence-corrected chi connectivity index (χ1v) is 8.20. The van der Waals surface area contributed by atoms with E-state index >= 15 is 0 Å². The summed E-state index contributed by atoms with van der Waals surface area (Å²) in [6, 6.07) is 4.92. The minimum Gasteiger partial charge on any atom is -0.368 e. The molecule has 0 unspecified atom stereocenters. The van der Waals surface area contributed by atoms with E-state index in [9.17, 15) is 18.0 Å². The summed E-state index contributed by atoms with van der Waals surface area (Å²) in [5.41, 5.74) is 5.75. The summed E-state index contributed by atoms with van der Waals surface area (Å²) < 4.78 is 26.4. The SMILES string of the molecule is CC(=O)c1ccc(S(=O)(=O)N2CCCC[C@H]2C(N)=O)cc1. The summed E-state index contributed by atoms with van der Waals surface area (Å²) in [5.74, 6) is -0.759. The fraction of sp³-hybridized carbons (Fsp3) is 0.429. The molecule has 0 radical (unpaired) electrons. The zero-order valence-electron chi connectivity index (χ0n) is 11.8. The van der Waals surface area contributed by atoms with Crippen LogP contribution in [0.25, 0.3) is 0 Å². The number of rotatable bonds is 4. The van der Waals surface area contributed by atoms with Gasteiger partial charge in [-0.2, -0.15) is 4.31 Å². The van der Waals surface area contributed by atoms with E-state index in [0.717, 1.165) is 6.42 Å². The molecule has 0 bridgehead atoms. The number of nitrogens with zero attached hydrogens (tertiary/aromatic N) is 1. The molecule has 1 aromatic rings. The van der Waals surface area contributed by atoms with E-state index in [1.54, 1.807) is 0 Å². The number of sulfonamides is 1. The predicted octanol–water partition coefficient (Wildman–Crippen LogP) is 0.918. The van der Waals surface area contributed by atoms with Crippen molar-refractivity contribution in [3.63, 3.8) is 0 Å². The number of hydrogen-bond acceptors (Lipinski definition) is 4. The molecule has 1 saturated heterocycles. The Morgan fingerprint density at radius 3 is 2.33 bits per heavy atom. The van der Waals surface area contributed by atoms with Gasteiger partial charge >= 0.3 is 0 Å². The average molecular weight is 310 g/mol. The lowest BCUT2D eigenvalue weighted by molar-refractivity contribution is -0.122. The first kappa shape index (κ1) is 15.7. The Balaban J connectivity index is 2.35. The van der Waals surface area contributed by atoms with Gasteiger partial charge < -0.3 is 5.73 Å². The van der Waals surface area contributed by atoms with Crippen LogP contribution in [0.2, 0.25) is 0 Å². The zero-order chi connectivity index (χ0) is 15.6. The van der Waals surface area contributed by atoms with Gasteiger partial charge in [-0.3, -0.25) is 9.59 Å². The molecule has 1 atom stereocenters. The monoisotopic (exact) mass is 310 g/mol. The van der Waals surface area contributed by atoms with Crippen LogP contribution in [0.3, 0.4) is 0 Å². The first-order valence-electron chi connectivity index (χ1n) is 6.76. The molecule has 114 valence electrons. The number of amides is 1. The maximum absolute atomic E-state index is 12.6. The second-order valence-corrected chi connectivity index (χ2v) is 7.00. The number of benzene rings is 1. The highest BCUT2D eigenvalue weighted by atomic mass is 32.2. The van der Waals surface area contributed by atoms with Crippen LogP contribution < -0.4 is 5.73 Å². The molecule has 0 aliphatic carbocycles. The van der Waals surface area contributed by atoms with Gasteiger partial charge in [-0.1, -0.05) is 18.6 Å². The Labute approximate surface area is 124 Å². The van der Waals surface area contributed by atoms with Crippen molar-refractivity contribution in [1.82, 2.24) is 4.31 Å². The maximum atomic E-state index is 12.6. The maximum Gasteiger partial charge on any atom is 0.243 e. The lowest BCUT2D eigenvalue weighted by Crippen LogP contribution is -2.50. The predicted molar refractivity (Wildman–Crippen MR) is 77.2 cm³/mol. The summed E-state index contributed by atoms with van der Waals surface area (Å²) in [7, 11) is -3.78. The lowest BCUT2D eigenvalue weighted by atomic mass is 10.0. The Morgan fingerprint density at radius 1 is 1.19 bits per heavy atom. The van der Waals surface area contributed by atoms with E-state index < -0.39 is 22.0 Å². The van der Waals surface area contributed by atoms with Crippen LogP contribution in [0, 0.1) is 0 Å². The van der Waals surface area contributed by atoms with Crippen LogP contribution in [-0.4, -0.2) is 37.0 Å². The van der Waals surface area contributed by atoms with Crippen molar-refractivity contribution in [3.05, 3.63) is 29.8 Å². The van der Waals surface area contributed by atoms with Crippen LogP contribution >= 0.6 is 0 Å². The minimum atomic E-state index is -3.78. The van der Waals surface area contributed by atoms with E-state index in [1.165, 1.54) is 35.5 Å². The number of hydrogen-bond donors (Lipinski definition) is 1. The van der Waals surface area contributed by atoms with Crippen molar-refractivity contribution in [2.24, 2.45) is 5.73 Å². The quantitative estimate of drug-likeness (QED) is 0.836. The molecule has 1 aliphatic heterocycles. The number of ketones is 1. The standard InChI is InChI=1S/C14H18N2O4S/c1-10(17)11-5-7-12(8-6-11)21(19,20)16-9-3-2-4-13(16)14(15)18/h5-8,13H,2-4,9H2,1H3,(H2,15,18)/t13-/m0/s1. The Hall–Kier alpha value is -1.73. The second-order valence-electron chi connectivity index (χ2n) is 5.11. The van der Waals surface area contributed by atoms with Crippen LogP contribution in [0.1, 0.15) is 36.5 Å². The fourth-order valence-corrected chi connectivity index (χ4v) is 4.14. The van der Waals surface area contributed by atoms with Crippen molar-refractivity contribution < 1.29 is 18.0 Å². The second kappa shape index (κ2) is 5.95. The molecule has 1 aliphatic rings. The van der Waals surface area contributed by atoms with Gasteiger partial charge in [-0.05, 0) is 31.9 Å².